The van der Waals surface area contributed by atoms with Crippen LogP contribution in [0, 0.1) is 18.8 Å². The Bertz CT molecular complexity index is 417. The third-order valence-corrected chi connectivity index (χ3v) is 3.93. The zero-order valence-electron chi connectivity index (χ0n) is 11.4. The van der Waals surface area contributed by atoms with Gasteiger partial charge in [0.25, 0.3) is 0 Å². The van der Waals surface area contributed by atoms with Crippen LogP contribution in [-0.4, -0.2) is 22.6 Å². The summed E-state index contributed by atoms with van der Waals surface area (Å²) in [5.41, 5.74) is 2.16. The average molecular weight is 262 g/mol. The van der Waals surface area contributed by atoms with Crippen molar-refractivity contribution in [3.8, 4) is 0 Å². The summed E-state index contributed by atoms with van der Waals surface area (Å²) in [5.74, 6) is -0.537. The molecule has 19 heavy (non-hydrogen) atoms. The van der Waals surface area contributed by atoms with E-state index < -0.39 is 5.97 Å². The van der Waals surface area contributed by atoms with Crippen LogP contribution in [0.5, 0.6) is 0 Å². The summed E-state index contributed by atoms with van der Waals surface area (Å²) in [6.07, 6.45) is 5.93. The van der Waals surface area contributed by atoms with Crippen LogP contribution < -0.4 is 5.32 Å². The van der Waals surface area contributed by atoms with Gasteiger partial charge in [0, 0.05) is 18.4 Å². The molecule has 0 spiro atoms. The lowest BCUT2D eigenvalue weighted by atomic mass is 9.79. The molecule has 0 amide bonds. The van der Waals surface area contributed by atoms with E-state index >= 15 is 0 Å². The Morgan fingerprint density at radius 2 is 2.21 bits per heavy atom. The van der Waals surface area contributed by atoms with Crippen molar-refractivity contribution < 1.29 is 9.90 Å². The first-order chi connectivity index (χ1) is 9.16. The number of aliphatic carboxylic acids is 1. The highest BCUT2D eigenvalue weighted by atomic mass is 16.4. The van der Waals surface area contributed by atoms with Crippen LogP contribution in [-0.2, 0) is 11.3 Å². The van der Waals surface area contributed by atoms with Gasteiger partial charge in [-0.1, -0.05) is 18.9 Å². The molecular formula is C15H22N2O2. The third kappa shape index (κ3) is 4.03. The van der Waals surface area contributed by atoms with E-state index in [9.17, 15) is 9.90 Å². The van der Waals surface area contributed by atoms with Crippen LogP contribution in [0.25, 0.3) is 0 Å². The predicted molar refractivity (Wildman–Crippen MR) is 73.8 cm³/mol. The van der Waals surface area contributed by atoms with Gasteiger partial charge < -0.3 is 10.4 Å². The third-order valence-electron chi connectivity index (χ3n) is 3.93. The SMILES string of the molecule is Cc1ccc(CNCC2CCCCC2C(=O)O)cn1. The first kappa shape index (κ1) is 14.0. The van der Waals surface area contributed by atoms with E-state index in [-0.39, 0.29) is 11.8 Å². The monoisotopic (exact) mass is 262 g/mol. The first-order valence-corrected chi connectivity index (χ1v) is 7.02. The average Bonchev–Trinajstić information content (AvgIpc) is 2.41. The van der Waals surface area contributed by atoms with Crippen molar-refractivity contribution in [1.29, 1.82) is 0 Å². The van der Waals surface area contributed by atoms with E-state index in [2.05, 4.69) is 16.4 Å². The summed E-state index contributed by atoms with van der Waals surface area (Å²) in [4.78, 5) is 15.5. The van der Waals surface area contributed by atoms with Gasteiger partial charge in [0.15, 0.2) is 0 Å². The molecule has 104 valence electrons. The normalized spacial score (nSPS) is 23.2. The maximum absolute atomic E-state index is 11.2. The van der Waals surface area contributed by atoms with Crippen LogP contribution in [0.3, 0.4) is 0 Å². The van der Waals surface area contributed by atoms with Crippen LogP contribution in [0.1, 0.15) is 36.9 Å². The second kappa shape index (κ2) is 6.66. The Morgan fingerprint density at radius 3 is 2.89 bits per heavy atom. The number of nitrogens with one attached hydrogen (secondary N) is 1. The van der Waals surface area contributed by atoms with Crippen LogP contribution in [0.2, 0.25) is 0 Å². The minimum absolute atomic E-state index is 0.169. The molecule has 1 aromatic heterocycles. The Hall–Kier alpha value is -1.42. The van der Waals surface area contributed by atoms with Gasteiger partial charge in [-0.2, -0.15) is 0 Å². The minimum atomic E-state index is -0.636. The molecular weight excluding hydrogens is 240 g/mol. The van der Waals surface area contributed by atoms with Crippen molar-refractivity contribution in [2.24, 2.45) is 11.8 Å². The maximum atomic E-state index is 11.2. The molecule has 1 fully saturated rings. The van der Waals surface area contributed by atoms with E-state index in [1.165, 1.54) is 0 Å². The molecule has 2 atom stereocenters. The number of hydrogen-bond donors (Lipinski definition) is 2. The molecule has 0 bridgehead atoms. The molecule has 1 saturated carbocycles. The summed E-state index contributed by atoms with van der Waals surface area (Å²) in [7, 11) is 0. The van der Waals surface area contributed by atoms with Crippen molar-refractivity contribution in [3.05, 3.63) is 29.6 Å². The van der Waals surface area contributed by atoms with Crippen molar-refractivity contribution in [1.82, 2.24) is 10.3 Å². The quantitative estimate of drug-likeness (QED) is 0.855. The molecule has 2 N–H and O–H groups in total. The van der Waals surface area contributed by atoms with Gasteiger partial charge >= 0.3 is 5.97 Å². The molecule has 4 nitrogen and oxygen atoms in total. The Morgan fingerprint density at radius 1 is 1.42 bits per heavy atom. The first-order valence-electron chi connectivity index (χ1n) is 7.02. The van der Waals surface area contributed by atoms with E-state index in [1.54, 1.807) is 0 Å². The molecule has 4 heteroatoms. The number of rotatable bonds is 5. The topological polar surface area (TPSA) is 62.2 Å². The number of nitrogens with zero attached hydrogens (tertiary/aromatic N) is 1. The van der Waals surface area contributed by atoms with Gasteiger partial charge in [0.1, 0.15) is 0 Å². The zero-order chi connectivity index (χ0) is 13.7. The molecule has 2 rings (SSSR count). The lowest BCUT2D eigenvalue weighted by Gasteiger charge is -2.28. The van der Waals surface area contributed by atoms with Gasteiger partial charge in [-0.25, -0.2) is 0 Å². The van der Waals surface area contributed by atoms with Crippen molar-refractivity contribution >= 4 is 5.97 Å². The smallest absolute Gasteiger partial charge is 0.306 e. The van der Waals surface area contributed by atoms with Crippen molar-refractivity contribution in [2.45, 2.75) is 39.2 Å². The molecule has 1 aliphatic rings. The summed E-state index contributed by atoms with van der Waals surface area (Å²) < 4.78 is 0. The number of carboxylic acids is 1. The highest BCUT2D eigenvalue weighted by Gasteiger charge is 2.30. The van der Waals surface area contributed by atoms with Gasteiger partial charge in [-0.15, -0.1) is 0 Å². The Balaban J connectivity index is 1.80. The molecule has 1 aromatic rings. The number of aryl methyl sites for hydroxylation is 1. The Labute approximate surface area is 114 Å². The van der Waals surface area contributed by atoms with Crippen LogP contribution in [0.4, 0.5) is 0 Å². The highest BCUT2D eigenvalue weighted by molar-refractivity contribution is 5.70. The molecule has 0 radical (unpaired) electrons. The molecule has 2 unspecified atom stereocenters. The lowest BCUT2D eigenvalue weighted by molar-refractivity contribution is -0.144. The fraction of sp³-hybridized carbons (Fsp3) is 0.600. The number of carboxylic acid groups (broad SMARTS) is 1. The van der Waals surface area contributed by atoms with E-state index in [0.29, 0.717) is 0 Å². The van der Waals surface area contributed by atoms with Gasteiger partial charge in [-0.3, -0.25) is 9.78 Å². The van der Waals surface area contributed by atoms with Crippen LogP contribution in [0.15, 0.2) is 18.3 Å². The van der Waals surface area contributed by atoms with Crippen LogP contribution >= 0.6 is 0 Å². The number of hydrogen-bond acceptors (Lipinski definition) is 3. The molecule has 0 saturated heterocycles. The van der Waals surface area contributed by atoms with E-state index in [4.69, 9.17) is 0 Å². The number of aromatic nitrogens is 1. The highest BCUT2D eigenvalue weighted by Crippen LogP contribution is 2.29. The summed E-state index contributed by atoms with van der Waals surface area (Å²) in [5, 5.41) is 12.6. The fourth-order valence-corrected chi connectivity index (χ4v) is 2.78. The standard InChI is InChI=1S/C15H22N2O2/c1-11-6-7-12(9-17-11)8-16-10-13-4-2-3-5-14(13)15(18)19/h6-7,9,13-14,16H,2-5,8,10H2,1H3,(H,18,19). The summed E-state index contributed by atoms with van der Waals surface area (Å²) >= 11 is 0. The number of carbonyl (C=O) groups is 1. The fourth-order valence-electron chi connectivity index (χ4n) is 2.78. The van der Waals surface area contributed by atoms with Gasteiger partial charge in [0.05, 0.1) is 5.92 Å². The Kier molecular flexibility index (Phi) is 4.91. The van der Waals surface area contributed by atoms with E-state index in [0.717, 1.165) is 50.0 Å². The summed E-state index contributed by atoms with van der Waals surface area (Å²) in [6, 6.07) is 4.06. The zero-order valence-corrected chi connectivity index (χ0v) is 11.4. The predicted octanol–water partition coefficient (Wildman–Crippen LogP) is 2.37. The second-order valence-electron chi connectivity index (χ2n) is 5.43. The minimum Gasteiger partial charge on any atom is -0.481 e. The molecule has 1 heterocycles. The largest absolute Gasteiger partial charge is 0.481 e. The number of pyridine rings is 1. The molecule has 1 aliphatic carbocycles. The van der Waals surface area contributed by atoms with Crippen molar-refractivity contribution in [2.75, 3.05) is 6.54 Å². The lowest BCUT2D eigenvalue weighted by Crippen LogP contribution is -2.34. The van der Waals surface area contributed by atoms with Gasteiger partial charge in [0.2, 0.25) is 0 Å². The van der Waals surface area contributed by atoms with Gasteiger partial charge in [-0.05, 0) is 43.9 Å². The second-order valence-corrected chi connectivity index (χ2v) is 5.43. The maximum Gasteiger partial charge on any atom is 0.306 e. The molecule has 0 aromatic carbocycles. The van der Waals surface area contributed by atoms with Crippen molar-refractivity contribution in [3.63, 3.8) is 0 Å². The summed E-state index contributed by atoms with van der Waals surface area (Å²) in [6.45, 7) is 3.51. The molecule has 0 aliphatic heterocycles. The van der Waals surface area contributed by atoms with E-state index in [1.807, 2.05) is 19.2 Å².